The molecule has 3 aromatic rings. The fourth-order valence-electron chi connectivity index (χ4n) is 3.99. The lowest BCUT2D eigenvalue weighted by molar-refractivity contribution is 0.779. The molecule has 146 valence electrons. The standard InChI is InChI=1S/C28H34/c1-4-7-12-26-21-28(27(13-8-5-2)20-22(26)6-3)25-18-16-24(17-19-25)23-14-10-9-11-15-23/h9-11,14-21H,4-8,12-13H2,1-3H3. The molecule has 0 fully saturated rings. The smallest absolute Gasteiger partial charge is 0.0149 e. The maximum absolute atomic E-state index is 2.50. The Balaban J connectivity index is 2.00. The van der Waals surface area contributed by atoms with Crippen LogP contribution in [0.5, 0.6) is 0 Å². The average Bonchev–Trinajstić information content (AvgIpc) is 2.76. The van der Waals surface area contributed by atoms with Crippen LogP contribution in [0, 0.1) is 0 Å². The van der Waals surface area contributed by atoms with Crippen molar-refractivity contribution in [3.63, 3.8) is 0 Å². The summed E-state index contributed by atoms with van der Waals surface area (Å²) < 4.78 is 0. The molecule has 0 aliphatic heterocycles. The topological polar surface area (TPSA) is 0 Å². The van der Waals surface area contributed by atoms with E-state index in [4.69, 9.17) is 0 Å². The van der Waals surface area contributed by atoms with E-state index < -0.39 is 0 Å². The van der Waals surface area contributed by atoms with E-state index in [2.05, 4.69) is 87.5 Å². The van der Waals surface area contributed by atoms with Gasteiger partial charge in [-0.15, -0.1) is 0 Å². The minimum atomic E-state index is 1.13. The van der Waals surface area contributed by atoms with Crippen LogP contribution in [0.2, 0.25) is 0 Å². The minimum absolute atomic E-state index is 1.13. The second-order valence-corrected chi connectivity index (χ2v) is 7.78. The summed E-state index contributed by atoms with van der Waals surface area (Å²) in [6, 6.07) is 24.8. The predicted octanol–water partition coefficient (Wildman–Crippen LogP) is 8.27. The van der Waals surface area contributed by atoms with E-state index in [9.17, 15) is 0 Å². The Morgan fingerprint density at radius 1 is 0.536 bits per heavy atom. The number of aryl methyl sites for hydroxylation is 3. The van der Waals surface area contributed by atoms with Gasteiger partial charge in [-0.1, -0.05) is 100 Å². The van der Waals surface area contributed by atoms with Crippen molar-refractivity contribution in [1.29, 1.82) is 0 Å². The molecule has 0 unspecified atom stereocenters. The molecule has 0 aromatic heterocycles. The molecule has 0 saturated heterocycles. The first-order chi connectivity index (χ1) is 13.8. The van der Waals surface area contributed by atoms with Crippen LogP contribution in [0.3, 0.4) is 0 Å². The molecule has 28 heavy (non-hydrogen) atoms. The van der Waals surface area contributed by atoms with Gasteiger partial charge >= 0.3 is 0 Å². The highest BCUT2D eigenvalue weighted by atomic mass is 14.2. The van der Waals surface area contributed by atoms with Gasteiger partial charge in [-0.3, -0.25) is 0 Å². The van der Waals surface area contributed by atoms with Gasteiger partial charge in [0.15, 0.2) is 0 Å². The van der Waals surface area contributed by atoms with Crippen molar-refractivity contribution in [2.45, 2.75) is 65.7 Å². The molecule has 0 aliphatic rings. The van der Waals surface area contributed by atoms with Crippen LogP contribution in [0.4, 0.5) is 0 Å². The average molecular weight is 371 g/mol. The summed E-state index contributed by atoms with van der Waals surface area (Å²) in [7, 11) is 0. The largest absolute Gasteiger partial charge is 0.0654 e. The zero-order valence-corrected chi connectivity index (χ0v) is 17.8. The van der Waals surface area contributed by atoms with Crippen LogP contribution >= 0.6 is 0 Å². The first-order valence-electron chi connectivity index (χ1n) is 11.1. The van der Waals surface area contributed by atoms with Crippen LogP contribution in [-0.2, 0) is 19.3 Å². The Morgan fingerprint density at radius 2 is 1.11 bits per heavy atom. The molecular formula is C28H34. The van der Waals surface area contributed by atoms with Gasteiger partial charge in [0.05, 0.1) is 0 Å². The maximum atomic E-state index is 2.50. The first kappa shape index (κ1) is 20.4. The molecule has 0 heteroatoms. The van der Waals surface area contributed by atoms with Crippen molar-refractivity contribution < 1.29 is 0 Å². The predicted molar refractivity (Wildman–Crippen MR) is 124 cm³/mol. The van der Waals surface area contributed by atoms with E-state index in [0.717, 1.165) is 6.42 Å². The summed E-state index contributed by atoms with van der Waals surface area (Å²) in [5.41, 5.74) is 9.98. The molecule has 0 spiro atoms. The third-order valence-electron chi connectivity index (χ3n) is 5.71. The second kappa shape index (κ2) is 10.3. The summed E-state index contributed by atoms with van der Waals surface area (Å²) in [6.45, 7) is 6.86. The maximum Gasteiger partial charge on any atom is -0.0149 e. The van der Waals surface area contributed by atoms with Crippen LogP contribution in [0.15, 0.2) is 66.7 Å². The summed E-state index contributed by atoms with van der Waals surface area (Å²) in [4.78, 5) is 0. The highest BCUT2D eigenvalue weighted by Gasteiger charge is 2.11. The molecule has 0 heterocycles. The molecule has 3 rings (SSSR count). The van der Waals surface area contributed by atoms with Gasteiger partial charge in [-0.25, -0.2) is 0 Å². The van der Waals surface area contributed by atoms with Crippen LogP contribution < -0.4 is 0 Å². The van der Waals surface area contributed by atoms with Gasteiger partial charge < -0.3 is 0 Å². The van der Waals surface area contributed by atoms with Crippen molar-refractivity contribution in [2.24, 2.45) is 0 Å². The third kappa shape index (κ3) is 4.93. The first-order valence-corrected chi connectivity index (χ1v) is 11.1. The summed E-state index contributed by atoms with van der Waals surface area (Å²) >= 11 is 0. The van der Waals surface area contributed by atoms with Gasteiger partial charge in [0.2, 0.25) is 0 Å². The third-order valence-corrected chi connectivity index (χ3v) is 5.71. The molecule has 0 bridgehead atoms. The molecular weight excluding hydrogens is 336 g/mol. The molecule has 3 aromatic carbocycles. The van der Waals surface area contributed by atoms with Crippen molar-refractivity contribution in [2.75, 3.05) is 0 Å². The Morgan fingerprint density at radius 3 is 1.71 bits per heavy atom. The summed E-state index contributed by atoms with van der Waals surface area (Å²) in [5, 5.41) is 0. The normalized spacial score (nSPS) is 11.0. The Bertz CT molecular complexity index is 857. The lowest BCUT2D eigenvalue weighted by Crippen LogP contribution is -2.00. The van der Waals surface area contributed by atoms with Crippen molar-refractivity contribution in [3.8, 4) is 22.3 Å². The lowest BCUT2D eigenvalue weighted by Gasteiger charge is -2.17. The summed E-state index contributed by atoms with van der Waals surface area (Å²) in [6.07, 6.45) is 8.52. The van der Waals surface area contributed by atoms with Gasteiger partial charge in [0.1, 0.15) is 0 Å². The molecule has 0 N–H and O–H groups in total. The van der Waals surface area contributed by atoms with Crippen LogP contribution in [-0.4, -0.2) is 0 Å². The van der Waals surface area contributed by atoms with E-state index in [1.807, 2.05) is 0 Å². The van der Waals surface area contributed by atoms with Crippen molar-refractivity contribution >= 4 is 0 Å². The fraction of sp³-hybridized carbons (Fsp3) is 0.357. The molecule has 0 atom stereocenters. The lowest BCUT2D eigenvalue weighted by atomic mass is 9.88. The number of benzene rings is 3. The molecule has 0 nitrogen and oxygen atoms in total. The van der Waals surface area contributed by atoms with Gasteiger partial charge in [-0.2, -0.15) is 0 Å². The zero-order valence-electron chi connectivity index (χ0n) is 17.8. The van der Waals surface area contributed by atoms with Crippen LogP contribution in [0.1, 0.15) is 63.1 Å². The van der Waals surface area contributed by atoms with E-state index in [-0.39, 0.29) is 0 Å². The van der Waals surface area contributed by atoms with E-state index >= 15 is 0 Å². The van der Waals surface area contributed by atoms with Crippen LogP contribution in [0.25, 0.3) is 22.3 Å². The summed E-state index contributed by atoms with van der Waals surface area (Å²) in [5.74, 6) is 0. The molecule has 0 radical (unpaired) electrons. The number of rotatable bonds is 9. The van der Waals surface area contributed by atoms with Gasteiger partial charge in [-0.05, 0) is 71.0 Å². The SMILES string of the molecule is CCCCc1cc(-c2ccc(-c3ccccc3)cc2)c(CCCC)cc1CC. The molecule has 0 amide bonds. The quantitative estimate of drug-likeness (QED) is 0.355. The molecule has 0 saturated carbocycles. The Labute approximate surface area is 171 Å². The second-order valence-electron chi connectivity index (χ2n) is 7.78. The highest BCUT2D eigenvalue weighted by molar-refractivity contribution is 5.73. The van der Waals surface area contributed by atoms with E-state index in [1.165, 1.54) is 66.3 Å². The van der Waals surface area contributed by atoms with Crippen molar-refractivity contribution in [3.05, 3.63) is 83.4 Å². The number of hydrogen-bond acceptors (Lipinski definition) is 0. The van der Waals surface area contributed by atoms with E-state index in [0.29, 0.717) is 0 Å². The fourth-order valence-corrected chi connectivity index (χ4v) is 3.99. The van der Waals surface area contributed by atoms with E-state index in [1.54, 1.807) is 11.1 Å². The highest BCUT2D eigenvalue weighted by Crippen LogP contribution is 2.31. The van der Waals surface area contributed by atoms with Crippen molar-refractivity contribution in [1.82, 2.24) is 0 Å². The molecule has 0 aliphatic carbocycles. The number of unbranched alkanes of at least 4 members (excludes halogenated alkanes) is 2. The monoisotopic (exact) mass is 370 g/mol. The Hall–Kier alpha value is -2.34. The Kier molecular flexibility index (Phi) is 7.48. The number of hydrogen-bond donors (Lipinski definition) is 0. The minimum Gasteiger partial charge on any atom is -0.0654 e. The van der Waals surface area contributed by atoms with Gasteiger partial charge in [0.25, 0.3) is 0 Å². The zero-order chi connectivity index (χ0) is 19.8. The van der Waals surface area contributed by atoms with Gasteiger partial charge in [0, 0.05) is 0 Å².